The molecule has 0 saturated carbocycles. The molecule has 0 spiro atoms. The van der Waals surface area contributed by atoms with Crippen LogP contribution in [-0.2, 0) is 17.9 Å². The van der Waals surface area contributed by atoms with Crippen LogP contribution >= 0.6 is 0 Å². The van der Waals surface area contributed by atoms with Crippen LogP contribution in [0.2, 0.25) is 0 Å². The molecule has 2 aromatic carbocycles. The molecule has 6 nitrogen and oxygen atoms in total. The molecule has 0 saturated heterocycles. The third-order valence-electron chi connectivity index (χ3n) is 4.72. The molecule has 0 radical (unpaired) electrons. The zero-order valence-electron chi connectivity index (χ0n) is 17.5. The average molecular weight is 398 g/mol. The molecule has 0 unspecified atom stereocenters. The van der Waals surface area contributed by atoms with Crippen molar-refractivity contribution < 1.29 is 14.3 Å². The summed E-state index contributed by atoms with van der Waals surface area (Å²) in [5, 5.41) is 5.55. The molecule has 0 aliphatic heterocycles. The summed E-state index contributed by atoms with van der Waals surface area (Å²) in [6, 6.07) is 15.1. The van der Waals surface area contributed by atoms with Crippen LogP contribution in [0.1, 0.15) is 42.3 Å². The van der Waals surface area contributed by atoms with Crippen molar-refractivity contribution in [1.29, 1.82) is 0 Å². The Labute approximate surface area is 173 Å². The fraction of sp³-hybridized carbons (Fsp3) is 0.391. The quantitative estimate of drug-likeness (QED) is 0.612. The van der Waals surface area contributed by atoms with E-state index >= 15 is 0 Å². The molecular formula is C23H31N3O3. The van der Waals surface area contributed by atoms with Crippen molar-refractivity contribution >= 4 is 11.8 Å². The molecular weight excluding hydrogens is 366 g/mol. The normalized spacial score (nSPS) is 10.6. The molecule has 2 N–H and O–H groups in total. The highest BCUT2D eigenvalue weighted by Crippen LogP contribution is 2.17. The highest BCUT2D eigenvalue weighted by molar-refractivity contribution is 5.98. The second kappa shape index (κ2) is 11.9. The van der Waals surface area contributed by atoms with Crippen molar-refractivity contribution in [1.82, 2.24) is 15.5 Å². The van der Waals surface area contributed by atoms with E-state index in [2.05, 4.69) is 35.4 Å². The Morgan fingerprint density at radius 2 is 1.55 bits per heavy atom. The van der Waals surface area contributed by atoms with Gasteiger partial charge in [-0.2, -0.15) is 0 Å². The van der Waals surface area contributed by atoms with Crippen molar-refractivity contribution in [3.63, 3.8) is 0 Å². The second-order valence-corrected chi connectivity index (χ2v) is 6.62. The van der Waals surface area contributed by atoms with Gasteiger partial charge in [0.05, 0.1) is 18.7 Å². The number of benzene rings is 2. The van der Waals surface area contributed by atoms with Gasteiger partial charge in [0.15, 0.2) is 0 Å². The van der Waals surface area contributed by atoms with Crippen LogP contribution in [0.3, 0.4) is 0 Å². The van der Waals surface area contributed by atoms with Crippen molar-refractivity contribution in [2.75, 3.05) is 26.2 Å². The Morgan fingerprint density at radius 1 is 0.897 bits per heavy atom. The Hall–Kier alpha value is -2.86. The van der Waals surface area contributed by atoms with Gasteiger partial charge in [-0.3, -0.25) is 14.5 Å². The maximum atomic E-state index is 12.4. The molecule has 29 heavy (non-hydrogen) atoms. The van der Waals surface area contributed by atoms with Crippen molar-refractivity contribution in [3.05, 3.63) is 65.2 Å². The van der Waals surface area contributed by atoms with Crippen LogP contribution in [0.15, 0.2) is 48.5 Å². The minimum Gasteiger partial charge on any atom is -0.493 e. The van der Waals surface area contributed by atoms with E-state index in [0.717, 1.165) is 25.2 Å². The first-order valence-corrected chi connectivity index (χ1v) is 10.1. The van der Waals surface area contributed by atoms with E-state index in [4.69, 9.17) is 4.74 Å². The zero-order chi connectivity index (χ0) is 21.1. The molecule has 0 aliphatic rings. The van der Waals surface area contributed by atoms with E-state index in [1.807, 2.05) is 31.2 Å². The lowest BCUT2D eigenvalue weighted by Crippen LogP contribution is -2.37. The number of nitrogens with one attached hydrogen (secondary N) is 2. The minimum atomic E-state index is -0.328. The number of ether oxygens (including phenoxy) is 1. The summed E-state index contributed by atoms with van der Waals surface area (Å²) >= 11 is 0. The van der Waals surface area contributed by atoms with Gasteiger partial charge in [0, 0.05) is 13.1 Å². The van der Waals surface area contributed by atoms with E-state index in [1.165, 1.54) is 5.56 Å². The number of amides is 2. The van der Waals surface area contributed by atoms with Gasteiger partial charge in [-0.15, -0.1) is 0 Å². The van der Waals surface area contributed by atoms with Crippen molar-refractivity contribution in [2.45, 2.75) is 33.9 Å². The van der Waals surface area contributed by atoms with E-state index in [-0.39, 0.29) is 18.4 Å². The smallest absolute Gasteiger partial charge is 0.255 e. The van der Waals surface area contributed by atoms with E-state index in [1.54, 1.807) is 18.2 Å². The lowest BCUT2D eigenvalue weighted by molar-refractivity contribution is -0.120. The highest BCUT2D eigenvalue weighted by Gasteiger charge is 2.13. The fourth-order valence-electron chi connectivity index (χ4n) is 3.02. The van der Waals surface area contributed by atoms with Gasteiger partial charge < -0.3 is 15.4 Å². The maximum absolute atomic E-state index is 12.4. The van der Waals surface area contributed by atoms with Gasteiger partial charge in [0.2, 0.25) is 5.91 Å². The molecule has 6 heteroatoms. The molecule has 0 atom stereocenters. The first-order chi connectivity index (χ1) is 14.1. The van der Waals surface area contributed by atoms with Crippen LogP contribution < -0.4 is 15.4 Å². The Bertz CT molecular complexity index is 803. The zero-order valence-corrected chi connectivity index (χ0v) is 17.5. The summed E-state index contributed by atoms with van der Waals surface area (Å²) in [6.07, 6.45) is 0. The predicted octanol–water partition coefficient (Wildman–Crippen LogP) is 2.97. The summed E-state index contributed by atoms with van der Waals surface area (Å²) in [7, 11) is 0. The number of nitrogens with zero attached hydrogens (tertiary/aromatic N) is 1. The van der Waals surface area contributed by atoms with E-state index in [0.29, 0.717) is 24.5 Å². The van der Waals surface area contributed by atoms with Crippen molar-refractivity contribution in [2.24, 2.45) is 0 Å². The van der Waals surface area contributed by atoms with Gasteiger partial charge in [0.25, 0.3) is 5.91 Å². The third-order valence-corrected chi connectivity index (χ3v) is 4.72. The van der Waals surface area contributed by atoms with Gasteiger partial charge in [-0.05, 0) is 43.3 Å². The number of para-hydroxylation sites is 1. The van der Waals surface area contributed by atoms with Crippen LogP contribution in [0, 0.1) is 0 Å². The van der Waals surface area contributed by atoms with Gasteiger partial charge >= 0.3 is 0 Å². The number of hydrogen-bond donors (Lipinski definition) is 2. The number of carbonyl (C=O) groups is 2. The summed E-state index contributed by atoms with van der Waals surface area (Å²) < 4.78 is 5.47. The van der Waals surface area contributed by atoms with Gasteiger partial charge in [-0.25, -0.2) is 0 Å². The van der Waals surface area contributed by atoms with Crippen molar-refractivity contribution in [3.8, 4) is 5.75 Å². The number of hydrogen-bond acceptors (Lipinski definition) is 4. The Balaban J connectivity index is 1.89. The first kappa shape index (κ1) is 22.4. The van der Waals surface area contributed by atoms with Crippen LogP contribution in [0.4, 0.5) is 0 Å². The summed E-state index contributed by atoms with van der Waals surface area (Å²) in [5.41, 5.74) is 2.71. The second-order valence-electron chi connectivity index (χ2n) is 6.62. The molecule has 156 valence electrons. The third kappa shape index (κ3) is 6.91. The maximum Gasteiger partial charge on any atom is 0.255 e. The summed E-state index contributed by atoms with van der Waals surface area (Å²) in [6.45, 7) is 9.76. The van der Waals surface area contributed by atoms with Crippen LogP contribution in [0.25, 0.3) is 0 Å². The lowest BCUT2D eigenvalue weighted by Gasteiger charge is -2.20. The van der Waals surface area contributed by atoms with E-state index < -0.39 is 0 Å². The first-order valence-electron chi connectivity index (χ1n) is 10.1. The average Bonchev–Trinajstić information content (AvgIpc) is 2.75. The fourth-order valence-corrected chi connectivity index (χ4v) is 3.02. The largest absolute Gasteiger partial charge is 0.493 e. The minimum absolute atomic E-state index is 0.0858. The standard InChI is InChI=1S/C23H31N3O3/c1-4-26(5-2)17-19-12-8-7-11-18(19)15-24-22(27)16-25-23(28)20-13-9-10-14-21(20)29-6-3/h7-14H,4-6,15-17H2,1-3H3,(H,24,27)(H,25,28). The molecule has 2 aromatic rings. The number of carbonyl (C=O) groups excluding carboxylic acids is 2. The molecule has 0 aliphatic carbocycles. The molecule has 2 rings (SSSR count). The monoisotopic (exact) mass is 397 g/mol. The molecule has 2 amide bonds. The Kier molecular flexibility index (Phi) is 9.18. The summed E-state index contributed by atoms with van der Waals surface area (Å²) in [4.78, 5) is 27.0. The number of rotatable bonds is 11. The topological polar surface area (TPSA) is 70.7 Å². The van der Waals surface area contributed by atoms with Gasteiger partial charge in [-0.1, -0.05) is 50.2 Å². The lowest BCUT2D eigenvalue weighted by atomic mass is 10.1. The van der Waals surface area contributed by atoms with E-state index in [9.17, 15) is 9.59 Å². The highest BCUT2D eigenvalue weighted by atomic mass is 16.5. The SMILES string of the molecule is CCOc1ccccc1C(=O)NCC(=O)NCc1ccccc1CN(CC)CC. The van der Waals surface area contributed by atoms with Crippen LogP contribution in [0.5, 0.6) is 5.75 Å². The Morgan fingerprint density at radius 3 is 2.24 bits per heavy atom. The molecule has 0 aromatic heterocycles. The molecule has 0 fully saturated rings. The molecule has 0 heterocycles. The van der Waals surface area contributed by atoms with Gasteiger partial charge in [0.1, 0.15) is 5.75 Å². The van der Waals surface area contributed by atoms with Crippen LogP contribution in [-0.4, -0.2) is 43.0 Å². The predicted molar refractivity (Wildman–Crippen MR) is 115 cm³/mol. The molecule has 0 bridgehead atoms. The summed E-state index contributed by atoms with van der Waals surface area (Å²) in [5.74, 6) is -0.0470.